The van der Waals surface area contributed by atoms with Crippen molar-refractivity contribution in [1.29, 1.82) is 0 Å². The Morgan fingerprint density at radius 2 is 1.21 bits per heavy atom. The van der Waals surface area contributed by atoms with Crippen LogP contribution in [0.25, 0.3) is 0 Å². The predicted molar refractivity (Wildman–Crippen MR) is 72.6 cm³/mol. The largest absolute Gasteiger partial charge is 0.389 e. The van der Waals surface area contributed by atoms with Gasteiger partial charge in [0.1, 0.15) is 6.10 Å². The smallest absolute Gasteiger partial charge is 0.108 e. The van der Waals surface area contributed by atoms with Crippen molar-refractivity contribution in [3.05, 3.63) is 0 Å². The minimum Gasteiger partial charge on any atom is -0.389 e. The lowest BCUT2D eigenvalue weighted by Gasteiger charge is -2.39. The maximum absolute atomic E-state index is 9.72. The van der Waals surface area contributed by atoms with Gasteiger partial charge in [-0.15, -0.1) is 0 Å². The second-order valence-corrected chi connectivity index (χ2v) is 6.96. The van der Waals surface area contributed by atoms with Gasteiger partial charge >= 0.3 is 0 Å². The summed E-state index contributed by atoms with van der Waals surface area (Å²) in [7, 11) is 0. The van der Waals surface area contributed by atoms with E-state index in [1.54, 1.807) is 0 Å². The molecule has 3 fully saturated rings. The third-order valence-electron chi connectivity index (χ3n) is 5.38. The van der Waals surface area contributed by atoms with Crippen molar-refractivity contribution in [2.24, 2.45) is 17.8 Å². The Kier molecular flexibility index (Phi) is 4.13. The van der Waals surface area contributed by atoms with Gasteiger partial charge in [0.2, 0.25) is 0 Å². The maximum atomic E-state index is 9.72. The second-order valence-electron chi connectivity index (χ2n) is 6.96. The number of aliphatic hydroxyl groups excluding tert-OH is 3. The Labute approximate surface area is 115 Å². The Bertz CT molecular complexity index is 288. The van der Waals surface area contributed by atoms with Crippen molar-refractivity contribution in [3.63, 3.8) is 0 Å². The van der Waals surface area contributed by atoms with E-state index in [-0.39, 0.29) is 0 Å². The standard InChI is InChI=1S/C15H27NO3/c17-13-8-16(9-14(18)15(13)19)7-10-1-3-11(4-2-10)12-5-6-12/h10-15,17-19H,1-9H2/t10-,11-,13-,14+,15+. The average molecular weight is 269 g/mol. The van der Waals surface area contributed by atoms with Crippen LogP contribution in [0.15, 0.2) is 0 Å². The van der Waals surface area contributed by atoms with Crippen molar-refractivity contribution >= 4 is 0 Å². The molecule has 3 rings (SSSR count). The zero-order chi connectivity index (χ0) is 13.4. The van der Waals surface area contributed by atoms with Crippen LogP contribution in [-0.4, -0.2) is 58.2 Å². The molecule has 1 heterocycles. The topological polar surface area (TPSA) is 63.9 Å². The predicted octanol–water partition coefficient (Wildman–Crippen LogP) is 0.601. The van der Waals surface area contributed by atoms with Gasteiger partial charge in [-0.1, -0.05) is 0 Å². The highest BCUT2D eigenvalue weighted by molar-refractivity contribution is 4.89. The number of hydrogen-bond acceptors (Lipinski definition) is 4. The Balaban J connectivity index is 1.44. The van der Waals surface area contributed by atoms with Crippen LogP contribution in [-0.2, 0) is 0 Å². The van der Waals surface area contributed by atoms with E-state index in [1.165, 1.54) is 38.5 Å². The van der Waals surface area contributed by atoms with E-state index in [2.05, 4.69) is 4.90 Å². The molecule has 1 saturated heterocycles. The fourth-order valence-corrected chi connectivity index (χ4v) is 4.00. The van der Waals surface area contributed by atoms with Crippen LogP contribution in [0.5, 0.6) is 0 Å². The Morgan fingerprint density at radius 1 is 0.737 bits per heavy atom. The number of aliphatic hydroxyl groups is 3. The van der Waals surface area contributed by atoms with Gasteiger partial charge in [-0.05, 0) is 56.3 Å². The Hall–Kier alpha value is -0.160. The van der Waals surface area contributed by atoms with Gasteiger partial charge in [0.25, 0.3) is 0 Å². The molecular weight excluding hydrogens is 242 g/mol. The van der Waals surface area contributed by atoms with Crippen molar-refractivity contribution in [2.45, 2.75) is 56.8 Å². The van der Waals surface area contributed by atoms with Gasteiger partial charge in [-0.3, -0.25) is 4.90 Å². The molecule has 0 spiro atoms. The van der Waals surface area contributed by atoms with Crippen LogP contribution < -0.4 is 0 Å². The molecule has 0 unspecified atom stereocenters. The number of likely N-dealkylation sites (tertiary alicyclic amines) is 1. The van der Waals surface area contributed by atoms with Gasteiger partial charge in [-0.2, -0.15) is 0 Å². The van der Waals surface area contributed by atoms with Crippen molar-refractivity contribution in [1.82, 2.24) is 4.90 Å². The summed E-state index contributed by atoms with van der Waals surface area (Å²) < 4.78 is 0. The summed E-state index contributed by atoms with van der Waals surface area (Å²) in [5.41, 5.74) is 0. The van der Waals surface area contributed by atoms with Gasteiger partial charge in [0.05, 0.1) is 12.2 Å². The SMILES string of the molecule is O[C@H]1[C@H](O)CN(C[C@H]2CC[C@H](C3CC3)CC2)C[C@@H]1O. The molecular formula is C15H27NO3. The molecule has 0 bridgehead atoms. The van der Waals surface area contributed by atoms with Gasteiger partial charge in [0, 0.05) is 19.6 Å². The number of β-amino-alcohol motifs (C(OH)–C–C–N with tert-alkyl or cyclic N) is 2. The molecule has 0 amide bonds. The zero-order valence-corrected chi connectivity index (χ0v) is 11.6. The van der Waals surface area contributed by atoms with Gasteiger partial charge < -0.3 is 15.3 Å². The van der Waals surface area contributed by atoms with Crippen molar-refractivity contribution < 1.29 is 15.3 Å². The lowest BCUT2D eigenvalue weighted by atomic mass is 9.79. The third kappa shape index (κ3) is 3.30. The molecule has 2 aliphatic carbocycles. The van der Waals surface area contributed by atoms with Crippen LogP contribution >= 0.6 is 0 Å². The fourth-order valence-electron chi connectivity index (χ4n) is 4.00. The molecule has 110 valence electrons. The number of nitrogens with zero attached hydrogens (tertiary/aromatic N) is 1. The van der Waals surface area contributed by atoms with Crippen LogP contribution in [0.2, 0.25) is 0 Å². The molecule has 2 saturated carbocycles. The first-order valence-electron chi connectivity index (χ1n) is 7.90. The first-order valence-corrected chi connectivity index (χ1v) is 7.90. The first kappa shape index (κ1) is 13.8. The number of hydrogen-bond donors (Lipinski definition) is 3. The van der Waals surface area contributed by atoms with Crippen LogP contribution in [0.4, 0.5) is 0 Å². The molecule has 1 aliphatic heterocycles. The number of piperidine rings is 1. The summed E-state index contributed by atoms with van der Waals surface area (Å²) in [6, 6.07) is 0. The highest BCUT2D eigenvalue weighted by atomic mass is 16.4. The normalized spacial score (nSPS) is 45.3. The molecule has 4 heteroatoms. The van der Waals surface area contributed by atoms with Crippen molar-refractivity contribution in [3.8, 4) is 0 Å². The van der Waals surface area contributed by atoms with Crippen LogP contribution in [0.1, 0.15) is 38.5 Å². The molecule has 4 nitrogen and oxygen atoms in total. The molecule has 19 heavy (non-hydrogen) atoms. The fraction of sp³-hybridized carbons (Fsp3) is 1.00. The van der Waals surface area contributed by atoms with Gasteiger partial charge in [-0.25, -0.2) is 0 Å². The van der Waals surface area contributed by atoms with E-state index in [0.717, 1.165) is 18.4 Å². The molecule has 3 atom stereocenters. The van der Waals surface area contributed by atoms with E-state index in [9.17, 15) is 15.3 Å². The van der Waals surface area contributed by atoms with E-state index in [4.69, 9.17) is 0 Å². The lowest BCUT2D eigenvalue weighted by Crippen LogP contribution is -2.56. The highest BCUT2D eigenvalue weighted by Gasteiger charge is 2.36. The summed E-state index contributed by atoms with van der Waals surface area (Å²) in [6.45, 7) is 1.97. The summed E-state index contributed by atoms with van der Waals surface area (Å²) in [6.07, 6.45) is 5.68. The molecule has 3 N–H and O–H groups in total. The Morgan fingerprint density at radius 3 is 1.68 bits per heavy atom. The maximum Gasteiger partial charge on any atom is 0.108 e. The molecule has 0 radical (unpaired) electrons. The summed E-state index contributed by atoms with van der Waals surface area (Å²) >= 11 is 0. The van der Waals surface area contributed by atoms with Gasteiger partial charge in [0.15, 0.2) is 0 Å². The first-order chi connectivity index (χ1) is 9.13. The minimum atomic E-state index is -0.971. The third-order valence-corrected chi connectivity index (χ3v) is 5.38. The van der Waals surface area contributed by atoms with Crippen LogP contribution in [0, 0.1) is 17.8 Å². The molecule has 0 aromatic carbocycles. The van der Waals surface area contributed by atoms with E-state index < -0.39 is 18.3 Å². The van der Waals surface area contributed by atoms with Crippen molar-refractivity contribution in [2.75, 3.05) is 19.6 Å². The lowest BCUT2D eigenvalue weighted by molar-refractivity contribution is -0.112. The van der Waals surface area contributed by atoms with E-state index in [1.807, 2.05) is 0 Å². The highest BCUT2D eigenvalue weighted by Crippen LogP contribution is 2.45. The average Bonchev–Trinajstić information content (AvgIpc) is 3.21. The van der Waals surface area contributed by atoms with E-state index in [0.29, 0.717) is 19.0 Å². The van der Waals surface area contributed by atoms with E-state index >= 15 is 0 Å². The summed E-state index contributed by atoms with van der Waals surface area (Å²) in [5.74, 6) is 2.73. The molecule has 3 aliphatic rings. The summed E-state index contributed by atoms with van der Waals surface area (Å²) in [4.78, 5) is 2.13. The minimum absolute atomic E-state index is 0.501. The molecule has 0 aromatic heterocycles. The monoisotopic (exact) mass is 269 g/mol. The second kappa shape index (κ2) is 5.68. The number of rotatable bonds is 3. The zero-order valence-electron chi connectivity index (χ0n) is 11.6. The summed E-state index contributed by atoms with van der Waals surface area (Å²) in [5, 5.41) is 29.0. The van der Waals surface area contributed by atoms with Crippen LogP contribution in [0.3, 0.4) is 0 Å². The quantitative estimate of drug-likeness (QED) is 0.702. The molecule has 0 aromatic rings.